The van der Waals surface area contributed by atoms with Gasteiger partial charge in [-0.1, -0.05) is 40.2 Å². The molecule has 114 valence electrons. The summed E-state index contributed by atoms with van der Waals surface area (Å²) < 4.78 is 6.58. The Bertz CT molecular complexity index is 1050. The Hall–Kier alpha value is -1.98. The molecule has 0 spiro atoms. The van der Waals surface area contributed by atoms with Crippen LogP contribution in [0.15, 0.2) is 57.7 Å². The van der Waals surface area contributed by atoms with E-state index >= 15 is 0 Å². The standard InChI is InChI=1S/C18H12BrNO2S/c1-10(19)11-6-7-12-8-13(18(21)22-15(12)9-11)17-20-14-4-2-3-5-16(14)23-17/h2-10H,1H3. The van der Waals surface area contributed by atoms with Crippen molar-refractivity contribution >= 4 is 48.5 Å². The molecule has 0 saturated carbocycles. The van der Waals surface area contributed by atoms with Gasteiger partial charge in [-0.25, -0.2) is 9.78 Å². The number of hydrogen-bond acceptors (Lipinski definition) is 4. The molecule has 2 aromatic heterocycles. The molecular weight excluding hydrogens is 374 g/mol. The predicted octanol–water partition coefficient (Wildman–Crippen LogP) is 5.53. The van der Waals surface area contributed by atoms with Gasteiger partial charge < -0.3 is 4.42 Å². The molecule has 0 bridgehead atoms. The Morgan fingerprint density at radius 2 is 2.00 bits per heavy atom. The molecule has 2 aromatic carbocycles. The molecule has 0 N–H and O–H groups in total. The summed E-state index contributed by atoms with van der Waals surface area (Å²) in [6.45, 7) is 2.04. The number of rotatable bonds is 2. The van der Waals surface area contributed by atoms with Crippen molar-refractivity contribution < 1.29 is 4.42 Å². The van der Waals surface area contributed by atoms with Crippen LogP contribution in [0.1, 0.15) is 17.3 Å². The van der Waals surface area contributed by atoms with Crippen molar-refractivity contribution in [3.63, 3.8) is 0 Å². The van der Waals surface area contributed by atoms with Gasteiger partial charge >= 0.3 is 5.63 Å². The number of fused-ring (bicyclic) bond motifs is 2. The first-order valence-electron chi connectivity index (χ1n) is 7.19. The zero-order valence-electron chi connectivity index (χ0n) is 12.2. The first kappa shape index (κ1) is 14.6. The van der Waals surface area contributed by atoms with E-state index in [1.54, 1.807) is 0 Å². The first-order chi connectivity index (χ1) is 11.1. The summed E-state index contributed by atoms with van der Waals surface area (Å²) >= 11 is 5.03. The Kier molecular flexibility index (Phi) is 3.54. The molecule has 0 aliphatic heterocycles. The fraction of sp³-hybridized carbons (Fsp3) is 0.111. The summed E-state index contributed by atoms with van der Waals surface area (Å²) in [6, 6.07) is 15.6. The van der Waals surface area contributed by atoms with E-state index in [0.717, 1.165) is 21.2 Å². The molecule has 4 rings (SSSR count). The van der Waals surface area contributed by atoms with Crippen molar-refractivity contribution in [2.75, 3.05) is 0 Å². The van der Waals surface area contributed by atoms with Crippen molar-refractivity contribution in [3.05, 3.63) is 64.5 Å². The highest BCUT2D eigenvalue weighted by Gasteiger charge is 2.13. The van der Waals surface area contributed by atoms with Gasteiger partial charge in [0.15, 0.2) is 0 Å². The van der Waals surface area contributed by atoms with Crippen LogP contribution in [-0.4, -0.2) is 4.98 Å². The van der Waals surface area contributed by atoms with Gasteiger partial charge in [-0.3, -0.25) is 0 Å². The van der Waals surface area contributed by atoms with Crippen LogP contribution in [0.5, 0.6) is 0 Å². The van der Waals surface area contributed by atoms with Gasteiger partial charge in [0.2, 0.25) is 0 Å². The van der Waals surface area contributed by atoms with Crippen LogP contribution in [0, 0.1) is 0 Å². The fourth-order valence-corrected chi connectivity index (χ4v) is 3.77. The molecule has 0 radical (unpaired) electrons. The van der Waals surface area contributed by atoms with Gasteiger partial charge in [0.05, 0.1) is 15.8 Å². The lowest BCUT2D eigenvalue weighted by molar-refractivity contribution is 0.563. The summed E-state index contributed by atoms with van der Waals surface area (Å²) in [7, 11) is 0. The third-order valence-electron chi connectivity index (χ3n) is 3.74. The molecule has 0 aliphatic rings. The van der Waals surface area contributed by atoms with Crippen LogP contribution in [0.2, 0.25) is 0 Å². The minimum Gasteiger partial charge on any atom is -0.422 e. The zero-order valence-corrected chi connectivity index (χ0v) is 14.6. The lowest BCUT2D eigenvalue weighted by atomic mass is 10.1. The van der Waals surface area contributed by atoms with Gasteiger partial charge in [-0.2, -0.15) is 0 Å². The number of halogens is 1. The Balaban J connectivity index is 1.91. The lowest BCUT2D eigenvalue weighted by Gasteiger charge is -2.05. The molecule has 0 amide bonds. The summed E-state index contributed by atoms with van der Waals surface area (Å²) in [5, 5.41) is 1.59. The monoisotopic (exact) mass is 385 g/mol. The zero-order chi connectivity index (χ0) is 16.0. The molecule has 5 heteroatoms. The smallest absolute Gasteiger partial charge is 0.346 e. The first-order valence-corrected chi connectivity index (χ1v) is 8.93. The Morgan fingerprint density at radius 3 is 2.78 bits per heavy atom. The summed E-state index contributed by atoms with van der Waals surface area (Å²) in [5.74, 6) is 0. The van der Waals surface area contributed by atoms with Crippen molar-refractivity contribution in [1.29, 1.82) is 0 Å². The maximum Gasteiger partial charge on any atom is 0.346 e. The Labute approximate surface area is 144 Å². The quantitative estimate of drug-likeness (QED) is 0.336. The molecule has 0 saturated heterocycles. The minimum absolute atomic E-state index is 0.209. The molecule has 3 nitrogen and oxygen atoms in total. The van der Waals surface area contributed by atoms with Crippen molar-refractivity contribution in [1.82, 2.24) is 4.98 Å². The van der Waals surface area contributed by atoms with Crippen LogP contribution in [0.3, 0.4) is 0 Å². The Morgan fingerprint density at radius 1 is 1.17 bits per heavy atom. The maximum atomic E-state index is 12.4. The molecular formula is C18H12BrNO2S. The van der Waals surface area contributed by atoms with Gasteiger partial charge in [0.1, 0.15) is 10.6 Å². The van der Waals surface area contributed by atoms with Gasteiger partial charge in [0, 0.05) is 10.2 Å². The maximum absolute atomic E-state index is 12.4. The van der Waals surface area contributed by atoms with E-state index in [1.165, 1.54) is 11.3 Å². The molecule has 1 atom stereocenters. The van der Waals surface area contributed by atoms with E-state index in [4.69, 9.17) is 4.42 Å². The second kappa shape index (κ2) is 5.58. The van der Waals surface area contributed by atoms with E-state index in [2.05, 4.69) is 20.9 Å². The molecule has 0 fully saturated rings. The van der Waals surface area contributed by atoms with E-state index in [0.29, 0.717) is 16.2 Å². The van der Waals surface area contributed by atoms with Gasteiger partial charge in [-0.15, -0.1) is 11.3 Å². The van der Waals surface area contributed by atoms with Gasteiger partial charge in [0.25, 0.3) is 0 Å². The number of benzene rings is 2. The number of thiazole rings is 1. The van der Waals surface area contributed by atoms with Crippen LogP contribution < -0.4 is 5.63 Å². The van der Waals surface area contributed by atoms with Crippen LogP contribution in [0.4, 0.5) is 0 Å². The molecule has 4 aromatic rings. The molecule has 2 heterocycles. The topological polar surface area (TPSA) is 43.1 Å². The average molecular weight is 386 g/mol. The average Bonchev–Trinajstić information content (AvgIpc) is 2.97. The molecule has 1 unspecified atom stereocenters. The number of aromatic nitrogens is 1. The van der Waals surface area contributed by atoms with Crippen molar-refractivity contribution in [3.8, 4) is 10.6 Å². The summed E-state index contributed by atoms with van der Waals surface area (Å²) in [4.78, 5) is 17.1. The third-order valence-corrected chi connectivity index (χ3v) is 5.34. The third kappa shape index (κ3) is 2.60. The highest BCUT2D eigenvalue weighted by molar-refractivity contribution is 9.09. The van der Waals surface area contributed by atoms with E-state index in [1.807, 2.05) is 55.5 Å². The van der Waals surface area contributed by atoms with Crippen LogP contribution >= 0.6 is 27.3 Å². The number of nitrogens with zero attached hydrogens (tertiary/aromatic N) is 1. The SMILES string of the molecule is CC(Br)c1ccc2cc(-c3nc4ccccc4s3)c(=O)oc2c1. The molecule has 0 aliphatic carbocycles. The number of hydrogen-bond donors (Lipinski definition) is 0. The van der Waals surface area contributed by atoms with E-state index < -0.39 is 0 Å². The van der Waals surface area contributed by atoms with Crippen molar-refractivity contribution in [2.45, 2.75) is 11.8 Å². The second-order valence-electron chi connectivity index (χ2n) is 5.35. The van der Waals surface area contributed by atoms with Crippen LogP contribution in [0.25, 0.3) is 31.8 Å². The highest BCUT2D eigenvalue weighted by atomic mass is 79.9. The largest absolute Gasteiger partial charge is 0.422 e. The number of alkyl halides is 1. The van der Waals surface area contributed by atoms with E-state index in [-0.39, 0.29) is 10.5 Å². The minimum atomic E-state index is -0.351. The molecule has 23 heavy (non-hydrogen) atoms. The van der Waals surface area contributed by atoms with E-state index in [9.17, 15) is 4.79 Å². The normalized spacial score (nSPS) is 12.8. The fourth-order valence-electron chi connectivity index (χ4n) is 2.51. The lowest BCUT2D eigenvalue weighted by Crippen LogP contribution is -2.02. The predicted molar refractivity (Wildman–Crippen MR) is 98.4 cm³/mol. The van der Waals surface area contributed by atoms with Crippen molar-refractivity contribution in [2.24, 2.45) is 0 Å². The number of para-hydroxylation sites is 1. The highest BCUT2D eigenvalue weighted by Crippen LogP contribution is 2.31. The summed E-state index contributed by atoms with van der Waals surface area (Å²) in [6.07, 6.45) is 0. The van der Waals surface area contributed by atoms with Gasteiger partial charge in [-0.05, 0) is 36.8 Å². The van der Waals surface area contributed by atoms with Crippen LogP contribution in [-0.2, 0) is 0 Å². The second-order valence-corrected chi connectivity index (χ2v) is 7.75. The summed E-state index contributed by atoms with van der Waals surface area (Å²) in [5.41, 5.74) is 2.74.